The number of aryl methyl sites for hydroxylation is 1. The maximum absolute atomic E-state index is 16.8. The lowest BCUT2D eigenvalue weighted by molar-refractivity contribution is -0.0416. The Morgan fingerprint density at radius 1 is 1.23 bits per heavy atom. The lowest BCUT2D eigenvalue weighted by Gasteiger charge is -2.39. The molecular formula is C28H32ClFIN7O2. The topological polar surface area (TPSA) is 91.4 Å². The van der Waals surface area contributed by atoms with E-state index in [0.29, 0.717) is 40.5 Å². The van der Waals surface area contributed by atoms with Crippen LogP contribution >= 0.6 is 34.2 Å². The molecule has 0 spiro atoms. The highest BCUT2D eigenvalue weighted by molar-refractivity contribution is 14.1. The van der Waals surface area contributed by atoms with E-state index in [-0.39, 0.29) is 36.3 Å². The molecule has 6 rings (SSSR count). The van der Waals surface area contributed by atoms with Crippen molar-refractivity contribution in [3.05, 3.63) is 38.3 Å². The van der Waals surface area contributed by atoms with Crippen molar-refractivity contribution >= 4 is 61.8 Å². The normalized spacial score (nSPS) is 22.4. The molecule has 0 bridgehead atoms. The van der Waals surface area contributed by atoms with Crippen LogP contribution in [0.4, 0.5) is 10.2 Å². The van der Waals surface area contributed by atoms with Gasteiger partial charge in [0.1, 0.15) is 27.7 Å². The van der Waals surface area contributed by atoms with Crippen LogP contribution in [0.3, 0.4) is 0 Å². The Morgan fingerprint density at radius 3 is 2.85 bits per heavy atom. The summed E-state index contributed by atoms with van der Waals surface area (Å²) in [5.74, 6) is 0.107. The molecule has 212 valence electrons. The molecule has 2 aromatic heterocycles. The Hall–Kier alpha value is -2.32. The second kappa shape index (κ2) is 11.2. The van der Waals surface area contributed by atoms with Gasteiger partial charge in [0.05, 0.1) is 17.1 Å². The molecule has 0 amide bonds. The number of nitrogens with one attached hydrogen (secondary N) is 2. The van der Waals surface area contributed by atoms with Gasteiger partial charge in [-0.25, -0.2) is 4.39 Å². The number of nitrogens with zero attached hydrogens (tertiary/aromatic N) is 5. The summed E-state index contributed by atoms with van der Waals surface area (Å²) in [7, 11) is 2.05. The van der Waals surface area contributed by atoms with Crippen molar-refractivity contribution < 1.29 is 13.9 Å². The fourth-order valence-corrected chi connectivity index (χ4v) is 6.58. The van der Waals surface area contributed by atoms with Crippen LogP contribution in [-0.4, -0.2) is 89.7 Å². The molecule has 2 N–H and O–H groups in total. The maximum atomic E-state index is 16.8. The predicted molar refractivity (Wildman–Crippen MR) is 164 cm³/mol. The lowest BCUT2D eigenvalue weighted by Crippen LogP contribution is -2.54. The third kappa shape index (κ3) is 5.11. The minimum absolute atomic E-state index is 0.117. The second-order valence-corrected chi connectivity index (χ2v) is 12.3. The van der Waals surface area contributed by atoms with E-state index in [0.717, 1.165) is 39.8 Å². The van der Waals surface area contributed by atoms with Crippen molar-refractivity contribution in [2.45, 2.75) is 39.0 Å². The van der Waals surface area contributed by atoms with E-state index in [1.165, 1.54) is 0 Å². The SMILES string of the molecule is Cc1ccc2n[nH]c(I)c2c1-c1c(Cl)cc2c(N3C[C@@H](C)NC[C@@H]3C)nc(OC[C@H]3CN(C)CCO3)nc2c1F. The summed E-state index contributed by atoms with van der Waals surface area (Å²) >= 11 is 9.10. The highest BCUT2D eigenvalue weighted by Crippen LogP contribution is 2.43. The molecule has 12 heteroatoms. The number of fused-ring (bicyclic) bond motifs is 2. The van der Waals surface area contributed by atoms with Crippen LogP contribution in [0.1, 0.15) is 19.4 Å². The number of hydrogen-bond acceptors (Lipinski definition) is 8. The first kappa shape index (κ1) is 27.8. The van der Waals surface area contributed by atoms with Crippen LogP contribution in [0.15, 0.2) is 18.2 Å². The number of anilines is 1. The van der Waals surface area contributed by atoms with Crippen LogP contribution in [0.5, 0.6) is 6.01 Å². The van der Waals surface area contributed by atoms with E-state index in [1.54, 1.807) is 6.07 Å². The number of aromatic nitrogens is 4. The average molecular weight is 680 g/mol. The highest BCUT2D eigenvalue weighted by Gasteiger charge is 2.30. The van der Waals surface area contributed by atoms with Gasteiger partial charge in [-0.1, -0.05) is 17.7 Å². The molecule has 3 atom stereocenters. The van der Waals surface area contributed by atoms with E-state index < -0.39 is 5.82 Å². The Balaban J connectivity index is 1.52. The minimum atomic E-state index is -0.506. The summed E-state index contributed by atoms with van der Waals surface area (Å²) in [4.78, 5) is 13.8. The van der Waals surface area contributed by atoms with Crippen molar-refractivity contribution in [2.75, 3.05) is 51.3 Å². The first-order valence-corrected chi connectivity index (χ1v) is 14.9. The van der Waals surface area contributed by atoms with Crippen molar-refractivity contribution in [3.63, 3.8) is 0 Å². The van der Waals surface area contributed by atoms with Gasteiger partial charge in [0.25, 0.3) is 0 Å². The zero-order chi connectivity index (χ0) is 28.1. The molecule has 0 aliphatic carbocycles. The fraction of sp³-hybridized carbons (Fsp3) is 0.464. The molecule has 4 aromatic rings. The summed E-state index contributed by atoms with van der Waals surface area (Å²) in [5, 5.41) is 12.6. The summed E-state index contributed by atoms with van der Waals surface area (Å²) in [5.41, 5.74) is 2.81. The lowest BCUT2D eigenvalue weighted by atomic mass is 9.95. The number of rotatable bonds is 5. The van der Waals surface area contributed by atoms with Crippen LogP contribution in [0.25, 0.3) is 32.9 Å². The quantitative estimate of drug-likeness (QED) is 0.292. The van der Waals surface area contributed by atoms with Crippen molar-refractivity contribution in [3.8, 4) is 17.1 Å². The largest absolute Gasteiger partial charge is 0.461 e. The molecule has 2 fully saturated rings. The zero-order valence-electron chi connectivity index (χ0n) is 22.9. The number of likely N-dealkylation sites (N-methyl/N-ethyl adjacent to an activating group) is 1. The van der Waals surface area contributed by atoms with E-state index in [1.807, 2.05) is 19.1 Å². The number of H-pyrrole nitrogens is 1. The number of morpholine rings is 1. The third-order valence-corrected chi connectivity index (χ3v) is 8.83. The molecule has 4 heterocycles. The van der Waals surface area contributed by atoms with E-state index in [4.69, 9.17) is 26.1 Å². The molecule has 9 nitrogen and oxygen atoms in total. The van der Waals surface area contributed by atoms with Crippen molar-refractivity contribution in [1.82, 2.24) is 30.4 Å². The molecule has 0 saturated carbocycles. The van der Waals surface area contributed by atoms with Crippen LogP contribution < -0.4 is 15.0 Å². The Kier molecular flexibility index (Phi) is 7.77. The molecule has 0 radical (unpaired) electrons. The number of ether oxygens (including phenoxy) is 2. The van der Waals surface area contributed by atoms with Gasteiger partial charge >= 0.3 is 6.01 Å². The fourth-order valence-electron chi connectivity index (χ4n) is 5.62. The van der Waals surface area contributed by atoms with Crippen LogP contribution in [-0.2, 0) is 4.74 Å². The number of hydrogen-bond donors (Lipinski definition) is 2. The van der Waals surface area contributed by atoms with Crippen molar-refractivity contribution in [2.24, 2.45) is 0 Å². The first-order chi connectivity index (χ1) is 19.2. The highest BCUT2D eigenvalue weighted by atomic mass is 127. The second-order valence-electron chi connectivity index (χ2n) is 10.8. The molecule has 2 aliphatic rings. The van der Waals surface area contributed by atoms with Gasteiger partial charge in [0.2, 0.25) is 0 Å². The van der Waals surface area contributed by atoms with Gasteiger partial charge in [-0.05, 0) is 68.1 Å². The van der Waals surface area contributed by atoms with E-state index in [9.17, 15) is 0 Å². The average Bonchev–Trinajstić information content (AvgIpc) is 3.30. The van der Waals surface area contributed by atoms with Gasteiger partial charge in [-0.15, -0.1) is 0 Å². The molecule has 2 aromatic carbocycles. The Labute approximate surface area is 250 Å². The van der Waals surface area contributed by atoms with Gasteiger partial charge in [-0.2, -0.15) is 15.1 Å². The van der Waals surface area contributed by atoms with Gasteiger partial charge < -0.3 is 24.6 Å². The monoisotopic (exact) mass is 679 g/mol. The van der Waals surface area contributed by atoms with E-state index in [2.05, 4.69) is 73.8 Å². The van der Waals surface area contributed by atoms with E-state index >= 15 is 4.39 Å². The maximum Gasteiger partial charge on any atom is 0.319 e. The zero-order valence-corrected chi connectivity index (χ0v) is 25.8. The summed E-state index contributed by atoms with van der Waals surface area (Å²) in [6.45, 7) is 10.2. The molecule has 0 unspecified atom stereocenters. The molecule has 2 aliphatic heterocycles. The number of piperazine rings is 1. The minimum Gasteiger partial charge on any atom is -0.461 e. The van der Waals surface area contributed by atoms with Crippen LogP contribution in [0.2, 0.25) is 5.02 Å². The summed E-state index contributed by atoms with van der Waals surface area (Å²) in [6.07, 6.45) is -0.117. The molecular weight excluding hydrogens is 648 g/mol. The third-order valence-electron chi connectivity index (χ3n) is 7.75. The standard InChI is InChI=1S/C28H32ClFIN7O2/c1-14-5-6-20-23(26(31)36-35-20)21(14)22-19(29)9-18-25(24(22)30)33-28(40-13-17-12-37(4)7-8-39-17)34-27(18)38-11-15(2)32-10-16(38)3/h5-6,9,15-17,32H,7-8,10-13H2,1-4H3,(H,35,36)/t15-,16+,17-/m1/s1. The Bertz CT molecular complexity index is 1580. The summed E-state index contributed by atoms with van der Waals surface area (Å²) < 4.78 is 29.6. The van der Waals surface area contributed by atoms with Gasteiger partial charge in [0.15, 0.2) is 5.82 Å². The molecule has 40 heavy (non-hydrogen) atoms. The first-order valence-electron chi connectivity index (χ1n) is 13.5. The molecule has 2 saturated heterocycles. The van der Waals surface area contributed by atoms with Gasteiger partial charge in [0, 0.05) is 60.2 Å². The van der Waals surface area contributed by atoms with Crippen molar-refractivity contribution in [1.29, 1.82) is 0 Å². The van der Waals surface area contributed by atoms with Crippen LogP contribution in [0, 0.1) is 16.4 Å². The Morgan fingerprint density at radius 2 is 2.05 bits per heavy atom. The summed E-state index contributed by atoms with van der Waals surface area (Å²) in [6, 6.07) is 6.13. The smallest absolute Gasteiger partial charge is 0.319 e. The number of halogens is 3. The number of aromatic amines is 1. The van der Waals surface area contributed by atoms with Gasteiger partial charge in [-0.3, -0.25) is 5.10 Å². The number of benzene rings is 2. The predicted octanol–water partition coefficient (Wildman–Crippen LogP) is 4.77.